The quantitative estimate of drug-likeness (QED) is 0.584. The number of hydrogen-bond donors (Lipinski definition) is 1. The van der Waals surface area contributed by atoms with Gasteiger partial charge in [-0.05, 0) is 13.0 Å². The number of hydrogen-bond acceptors (Lipinski definition) is 3. The molecule has 0 saturated heterocycles. The molecule has 0 fully saturated rings. The average Bonchev–Trinajstić information content (AvgIpc) is 2.22. The Labute approximate surface area is 90.7 Å². The first kappa shape index (κ1) is 12.0. The lowest BCUT2D eigenvalue weighted by Crippen LogP contribution is -1.99. The van der Waals surface area contributed by atoms with Crippen LogP contribution in [0.25, 0.3) is 0 Å². The first-order valence-corrected chi connectivity index (χ1v) is 4.41. The molecule has 84 valence electrons. The van der Waals surface area contributed by atoms with Gasteiger partial charge in [0.05, 0.1) is 12.2 Å². The van der Waals surface area contributed by atoms with Crippen LogP contribution >= 0.6 is 0 Å². The van der Waals surface area contributed by atoms with Crippen LogP contribution in [0.1, 0.15) is 12.5 Å². The van der Waals surface area contributed by atoms with Gasteiger partial charge in [0.1, 0.15) is 5.75 Å². The summed E-state index contributed by atoms with van der Waals surface area (Å²) in [6.45, 7) is 1.77. The predicted octanol–water partition coefficient (Wildman–Crippen LogP) is 1.58. The second kappa shape index (κ2) is 5.12. The Balaban J connectivity index is 2.97. The third-order valence-electron chi connectivity index (χ3n) is 1.61. The summed E-state index contributed by atoms with van der Waals surface area (Å²) in [5, 5.41) is 9.20. The van der Waals surface area contributed by atoms with Crippen molar-refractivity contribution in [2.45, 2.75) is 6.92 Å². The van der Waals surface area contributed by atoms with Crippen LogP contribution in [0.2, 0.25) is 0 Å². The first-order valence-electron chi connectivity index (χ1n) is 4.41. The molecule has 1 aromatic rings. The van der Waals surface area contributed by atoms with Crippen molar-refractivity contribution in [1.29, 1.82) is 0 Å². The molecule has 0 amide bonds. The summed E-state index contributed by atoms with van der Waals surface area (Å²) in [7, 11) is 0. The Morgan fingerprint density at radius 3 is 2.69 bits per heavy atom. The number of phenolic OH excluding ortho intramolecular Hbond substituents is 1. The van der Waals surface area contributed by atoms with Crippen molar-refractivity contribution in [3.8, 4) is 17.6 Å². The summed E-state index contributed by atoms with van der Waals surface area (Å²) in [5.41, 5.74) is -0.174. The minimum atomic E-state index is -1.18. The predicted molar refractivity (Wildman–Crippen MR) is 51.5 cm³/mol. The summed E-state index contributed by atoms with van der Waals surface area (Å²) in [5.74, 6) is 0.552. The summed E-state index contributed by atoms with van der Waals surface area (Å²) >= 11 is 0. The summed E-state index contributed by atoms with van der Waals surface area (Å²) in [6.07, 6.45) is 0. The van der Waals surface area contributed by atoms with Gasteiger partial charge < -0.3 is 9.84 Å². The molecule has 0 saturated carbocycles. The van der Waals surface area contributed by atoms with Crippen LogP contribution in [0.4, 0.5) is 8.78 Å². The Morgan fingerprint density at radius 1 is 1.44 bits per heavy atom. The van der Waals surface area contributed by atoms with Gasteiger partial charge in [0, 0.05) is 12.0 Å². The molecule has 3 nitrogen and oxygen atoms in total. The highest BCUT2D eigenvalue weighted by molar-refractivity contribution is 5.89. The van der Waals surface area contributed by atoms with E-state index in [1.165, 1.54) is 0 Å². The number of halogens is 2. The lowest BCUT2D eigenvalue weighted by molar-refractivity contribution is -0.136. The fraction of sp³-hybridized carbons (Fsp3) is 0.182. The molecule has 1 aromatic carbocycles. The molecule has 0 atom stereocenters. The van der Waals surface area contributed by atoms with Crippen molar-refractivity contribution in [1.82, 2.24) is 0 Å². The van der Waals surface area contributed by atoms with Crippen LogP contribution in [0, 0.1) is 23.5 Å². The van der Waals surface area contributed by atoms with Crippen LogP contribution in [-0.2, 0) is 9.53 Å². The third kappa shape index (κ3) is 2.95. The zero-order chi connectivity index (χ0) is 12.1. The summed E-state index contributed by atoms with van der Waals surface area (Å²) in [6, 6.07) is 1.29. The fourth-order valence-electron chi connectivity index (χ4n) is 0.922. The van der Waals surface area contributed by atoms with Crippen LogP contribution in [0.5, 0.6) is 5.75 Å². The van der Waals surface area contributed by atoms with E-state index in [4.69, 9.17) is 0 Å². The Bertz CT molecular complexity index is 472. The summed E-state index contributed by atoms with van der Waals surface area (Å²) in [4.78, 5) is 10.8. The van der Waals surface area contributed by atoms with Crippen molar-refractivity contribution in [3.63, 3.8) is 0 Å². The molecular formula is C11H8F2O3. The van der Waals surface area contributed by atoms with Crippen LogP contribution in [0.15, 0.2) is 12.1 Å². The smallest absolute Gasteiger partial charge is 0.384 e. The van der Waals surface area contributed by atoms with E-state index in [1.807, 2.05) is 5.92 Å². The maximum atomic E-state index is 12.8. The number of carbonyl (C=O) groups is 1. The molecule has 1 rings (SSSR count). The van der Waals surface area contributed by atoms with Gasteiger partial charge in [-0.25, -0.2) is 13.6 Å². The average molecular weight is 226 g/mol. The van der Waals surface area contributed by atoms with Crippen LogP contribution in [-0.4, -0.2) is 17.7 Å². The van der Waals surface area contributed by atoms with Crippen molar-refractivity contribution in [2.24, 2.45) is 0 Å². The highest BCUT2D eigenvalue weighted by atomic mass is 19.2. The normalized spacial score (nSPS) is 9.19. The van der Waals surface area contributed by atoms with Gasteiger partial charge in [0.2, 0.25) is 0 Å². The SMILES string of the molecule is CCOC(=O)C#Cc1cc(F)c(F)cc1O. The molecule has 0 aliphatic carbocycles. The zero-order valence-corrected chi connectivity index (χ0v) is 8.38. The van der Waals surface area contributed by atoms with Gasteiger partial charge in [0.25, 0.3) is 0 Å². The van der Waals surface area contributed by atoms with Crippen LogP contribution in [0.3, 0.4) is 0 Å². The molecule has 0 spiro atoms. The minimum Gasteiger partial charge on any atom is -0.507 e. The number of esters is 1. The van der Waals surface area contributed by atoms with Crippen molar-refractivity contribution >= 4 is 5.97 Å². The van der Waals surface area contributed by atoms with Crippen LogP contribution < -0.4 is 0 Å². The molecule has 0 aliphatic rings. The summed E-state index contributed by atoms with van der Waals surface area (Å²) < 4.78 is 29.9. The highest BCUT2D eigenvalue weighted by Crippen LogP contribution is 2.19. The lowest BCUT2D eigenvalue weighted by atomic mass is 10.2. The number of phenols is 1. The van der Waals surface area contributed by atoms with E-state index in [0.717, 1.165) is 0 Å². The van der Waals surface area contributed by atoms with Gasteiger partial charge in [-0.1, -0.05) is 5.92 Å². The van der Waals surface area contributed by atoms with Crippen molar-refractivity contribution in [2.75, 3.05) is 6.61 Å². The number of benzene rings is 1. The van der Waals surface area contributed by atoms with Gasteiger partial charge in [-0.2, -0.15) is 0 Å². The van der Waals surface area contributed by atoms with E-state index < -0.39 is 23.4 Å². The second-order valence-corrected chi connectivity index (χ2v) is 2.75. The maximum absolute atomic E-state index is 12.8. The Kier molecular flexibility index (Phi) is 3.84. The van der Waals surface area contributed by atoms with Crippen molar-refractivity contribution in [3.05, 3.63) is 29.3 Å². The fourth-order valence-corrected chi connectivity index (χ4v) is 0.922. The molecule has 5 heteroatoms. The van der Waals surface area contributed by atoms with Gasteiger partial charge in [0.15, 0.2) is 11.6 Å². The Morgan fingerprint density at radius 2 is 2.06 bits per heavy atom. The topological polar surface area (TPSA) is 46.5 Å². The minimum absolute atomic E-state index is 0.164. The number of aromatic hydroxyl groups is 1. The molecule has 0 aromatic heterocycles. The lowest BCUT2D eigenvalue weighted by Gasteiger charge is -1.98. The standard InChI is InChI=1S/C11H8F2O3/c1-2-16-11(15)4-3-7-5-8(12)9(13)6-10(7)14/h5-6,14H,2H2,1H3. The van der Waals surface area contributed by atoms with Crippen molar-refractivity contribution < 1.29 is 23.4 Å². The third-order valence-corrected chi connectivity index (χ3v) is 1.61. The maximum Gasteiger partial charge on any atom is 0.384 e. The van der Waals surface area contributed by atoms with Gasteiger partial charge >= 0.3 is 5.97 Å². The Hall–Kier alpha value is -2.09. The highest BCUT2D eigenvalue weighted by Gasteiger charge is 2.07. The first-order chi connectivity index (χ1) is 7.54. The number of ether oxygens (including phenoxy) is 1. The molecule has 0 radical (unpaired) electrons. The molecular weight excluding hydrogens is 218 g/mol. The molecule has 1 N–H and O–H groups in total. The largest absolute Gasteiger partial charge is 0.507 e. The molecule has 0 bridgehead atoms. The number of rotatable bonds is 1. The van der Waals surface area contributed by atoms with Gasteiger partial charge in [-0.3, -0.25) is 0 Å². The molecule has 0 heterocycles. The molecule has 16 heavy (non-hydrogen) atoms. The zero-order valence-electron chi connectivity index (χ0n) is 8.38. The van der Waals surface area contributed by atoms with E-state index >= 15 is 0 Å². The van der Waals surface area contributed by atoms with E-state index in [1.54, 1.807) is 6.92 Å². The second-order valence-electron chi connectivity index (χ2n) is 2.75. The molecule has 0 unspecified atom stereocenters. The molecule has 0 aliphatic heterocycles. The van der Waals surface area contributed by atoms with E-state index in [0.29, 0.717) is 12.1 Å². The van der Waals surface area contributed by atoms with E-state index in [-0.39, 0.29) is 12.2 Å². The number of carbonyl (C=O) groups excluding carboxylic acids is 1. The van der Waals surface area contributed by atoms with E-state index in [2.05, 4.69) is 10.7 Å². The van der Waals surface area contributed by atoms with Gasteiger partial charge in [-0.15, -0.1) is 0 Å². The monoisotopic (exact) mass is 226 g/mol. The van der Waals surface area contributed by atoms with E-state index in [9.17, 15) is 18.7 Å².